The molecule has 0 aromatic rings. The molecule has 1 N–H and O–H groups in total. The Balaban J connectivity index is 2.05. The first kappa shape index (κ1) is 14.0. The van der Waals surface area contributed by atoms with Gasteiger partial charge in [0.15, 0.2) is 0 Å². The molecule has 0 aromatic carbocycles. The van der Waals surface area contributed by atoms with Crippen molar-refractivity contribution in [3.05, 3.63) is 0 Å². The zero-order valence-corrected chi connectivity index (χ0v) is 11.4. The highest BCUT2D eigenvalue weighted by atomic mass is 14.9. The summed E-state index contributed by atoms with van der Waals surface area (Å²) in [5.74, 6) is 0.952. The molecule has 0 heterocycles. The molecular weight excluding hydrogens is 194 g/mol. The molecule has 16 heavy (non-hydrogen) atoms. The molecule has 1 heteroatoms. The fourth-order valence-corrected chi connectivity index (χ4v) is 2.86. The highest BCUT2D eigenvalue weighted by Crippen LogP contribution is 2.25. The predicted molar refractivity (Wildman–Crippen MR) is 72.8 cm³/mol. The molecule has 1 aliphatic rings. The average Bonchev–Trinajstić information content (AvgIpc) is 2.57. The van der Waals surface area contributed by atoms with E-state index in [9.17, 15) is 0 Å². The molecule has 0 aromatic heterocycles. The Hall–Kier alpha value is -0.0400. The highest BCUT2D eigenvalue weighted by Gasteiger charge is 2.17. The van der Waals surface area contributed by atoms with Crippen LogP contribution in [0.5, 0.6) is 0 Å². The van der Waals surface area contributed by atoms with Crippen molar-refractivity contribution in [3.63, 3.8) is 0 Å². The number of rotatable bonds is 7. The lowest BCUT2D eigenvalue weighted by Gasteiger charge is -2.23. The van der Waals surface area contributed by atoms with Crippen molar-refractivity contribution >= 4 is 0 Å². The van der Waals surface area contributed by atoms with Crippen LogP contribution < -0.4 is 5.32 Å². The van der Waals surface area contributed by atoms with Crippen molar-refractivity contribution in [1.82, 2.24) is 5.32 Å². The van der Waals surface area contributed by atoms with E-state index in [1.807, 2.05) is 0 Å². The van der Waals surface area contributed by atoms with E-state index in [1.165, 1.54) is 70.8 Å². The van der Waals surface area contributed by atoms with Crippen LogP contribution in [-0.4, -0.2) is 12.6 Å². The molecule has 1 atom stereocenters. The first-order valence-corrected chi connectivity index (χ1v) is 7.58. The van der Waals surface area contributed by atoms with E-state index in [2.05, 4.69) is 19.2 Å². The van der Waals surface area contributed by atoms with E-state index in [0.29, 0.717) is 0 Å². The van der Waals surface area contributed by atoms with Gasteiger partial charge in [-0.1, -0.05) is 51.9 Å². The van der Waals surface area contributed by atoms with Crippen molar-refractivity contribution in [3.8, 4) is 0 Å². The van der Waals surface area contributed by atoms with Gasteiger partial charge < -0.3 is 5.32 Å². The zero-order valence-electron chi connectivity index (χ0n) is 11.4. The molecule has 1 fully saturated rings. The van der Waals surface area contributed by atoms with E-state index in [-0.39, 0.29) is 0 Å². The predicted octanol–water partition coefficient (Wildman–Crippen LogP) is 4.52. The van der Waals surface area contributed by atoms with E-state index in [4.69, 9.17) is 0 Å². The van der Waals surface area contributed by atoms with Gasteiger partial charge in [0.25, 0.3) is 0 Å². The molecule has 0 spiro atoms. The van der Waals surface area contributed by atoms with Gasteiger partial charge in [0.05, 0.1) is 0 Å². The van der Waals surface area contributed by atoms with Gasteiger partial charge in [-0.25, -0.2) is 0 Å². The number of hydrogen-bond acceptors (Lipinski definition) is 1. The molecule has 0 amide bonds. The van der Waals surface area contributed by atoms with E-state index >= 15 is 0 Å². The molecule has 0 bridgehead atoms. The maximum Gasteiger partial charge on any atom is 0.00669 e. The monoisotopic (exact) mass is 225 g/mol. The topological polar surface area (TPSA) is 12.0 Å². The maximum atomic E-state index is 3.74. The van der Waals surface area contributed by atoms with Gasteiger partial charge in [-0.05, 0) is 38.6 Å². The minimum Gasteiger partial charge on any atom is -0.314 e. The van der Waals surface area contributed by atoms with Crippen molar-refractivity contribution in [2.24, 2.45) is 5.92 Å². The standard InChI is InChI=1S/C15H31N/c1-3-4-5-10-13-16-14(2)15-11-8-6-7-9-12-15/h14-16H,3-13H2,1-2H3/t14-/m0/s1. The quantitative estimate of drug-likeness (QED) is 0.496. The summed E-state index contributed by atoms with van der Waals surface area (Å²) < 4.78 is 0. The summed E-state index contributed by atoms with van der Waals surface area (Å²) in [7, 11) is 0. The molecule has 0 saturated heterocycles. The zero-order chi connectivity index (χ0) is 11.6. The van der Waals surface area contributed by atoms with Crippen molar-refractivity contribution in [1.29, 1.82) is 0 Å². The first-order chi connectivity index (χ1) is 7.84. The minimum absolute atomic E-state index is 0.750. The van der Waals surface area contributed by atoms with Crippen molar-refractivity contribution in [2.45, 2.75) is 84.1 Å². The molecule has 1 aliphatic carbocycles. The van der Waals surface area contributed by atoms with Crippen molar-refractivity contribution in [2.75, 3.05) is 6.54 Å². The largest absolute Gasteiger partial charge is 0.314 e. The summed E-state index contributed by atoms with van der Waals surface area (Å²) in [4.78, 5) is 0. The van der Waals surface area contributed by atoms with Gasteiger partial charge >= 0.3 is 0 Å². The van der Waals surface area contributed by atoms with Crippen LogP contribution >= 0.6 is 0 Å². The molecule has 1 nitrogen and oxygen atoms in total. The Labute approximate surface area is 102 Å². The fourth-order valence-electron chi connectivity index (χ4n) is 2.86. The Morgan fingerprint density at radius 2 is 1.69 bits per heavy atom. The fraction of sp³-hybridized carbons (Fsp3) is 1.00. The van der Waals surface area contributed by atoms with Crippen LogP contribution in [-0.2, 0) is 0 Å². The summed E-state index contributed by atoms with van der Waals surface area (Å²) in [6.07, 6.45) is 14.3. The van der Waals surface area contributed by atoms with E-state index < -0.39 is 0 Å². The van der Waals surface area contributed by atoms with Crippen molar-refractivity contribution < 1.29 is 0 Å². The molecule has 1 rings (SSSR count). The molecule has 96 valence electrons. The second-order valence-electron chi connectivity index (χ2n) is 5.56. The van der Waals surface area contributed by atoms with Crippen LogP contribution in [0, 0.1) is 5.92 Å². The van der Waals surface area contributed by atoms with Crippen LogP contribution in [0.2, 0.25) is 0 Å². The van der Waals surface area contributed by atoms with Gasteiger partial charge in [-0.2, -0.15) is 0 Å². The summed E-state index contributed by atoms with van der Waals surface area (Å²) in [6, 6.07) is 0.750. The lowest BCUT2D eigenvalue weighted by Crippen LogP contribution is -2.34. The lowest BCUT2D eigenvalue weighted by atomic mass is 9.93. The molecule has 0 aliphatic heterocycles. The van der Waals surface area contributed by atoms with Crippen LogP contribution in [0.25, 0.3) is 0 Å². The SMILES string of the molecule is CCCCCCN[C@@H](C)C1CCCCCC1. The molecule has 1 saturated carbocycles. The Morgan fingerprint density at radius 3 is 2.31 bits per heavy atom. The van der Waals surface area contributed by atoms with Gasteiger partial charge in [0, 0.05) is 6.04 Å². The van der Waals surface area contributed by atoms with Crippen LogP contribution in [0.1, 0.15) is 78.1 Å². The second kappa shape index (κ2) is 9.04. The number of unbranched alkanes of at least 4 members (excludes halogenated alkanes) is 3. The average molecular weight is 225 g/mol. The Morgan fingerprint density at radius 1 is 1.00 bits per heavy atom. The molecule has 0 radical (unpaired) electrons. The van der Waals surface area contributed by atoms with Crippen LogP contribution in [0.15, 0.2) is 0 Å². The number of nitrogens with one attached hydrogen (secondary N) is 1. The Kier molecular flexibility index (Phi) is 7.92. The Bertz CT molecular complexity index is 148. The smallest absolute Gasteiger partial charge is 0.00669 e. The minimum atomic E-state index is 0.750. The van der Waals surface area contributed by atoms with Crippen LogP contribution in [0.3, 0.4) is 0 Å². The van der Waals surface area contributed by atoms with Gasteiger partial charge in [-0.3, -0.25) is 0 Å². The summed E-state index contributed by atoms with van der Waals surface area (Å²) in [5.41, 5.74) is 0. The third-order valence-corrected chi connectivity index (χ3v) is 4.10. The van der Waals surface area contributed by atoms with Gasteiger partial charge in [0.1, 0.15) is 0 Å². The molecular formula is C15H31N. The third kappa shape index (κ3) is 5.89. The first-order valence-electron chi connectivity index (χ1n) is 7.58. The normalized spacial score (nSPS) is 20.6. The summed E-state index contributed by atoms with van der Waals surface area (Å²) >= 11 is 0. The number of hydrogen-bond donors (Lipinski definition) is 1. The summed E-state index contributed by atoms with van der Waals surface area (Å²) in [6.45, 7) is 5.91. The molecule has 0 unspecified atom stereocenters. The van der Waals surface area contributed by atoms with E-state index in [1.54, 1.807) is 0 Å². The van der Waals surface area contributed by atoms with Gasteiger partial charge in [-0.15, -0.1) is 0 Å². The lowest BCUT2D eigenvalue weighted by molar-refractivity contribution is 0.336. The van der Waals surface area contributed by atoms with Gasteiger partial charge in [0.2, 0.25) is 0 Å². The second-order valence-corrected chi connectivity index (χ2v) is 5.56. The third-order valence-electron chi connectivity index (χ3n) is 4.10. The maximum absolute atomic E-state index is 3.74. The highest BCUT2D eigenvalue weighted by molar-refractivity contribution is 4.74. The summed E-state index contributed by atoms with van der Waals surface area (Å²) in [5, 5.41) is 3.74. The van der Waals surface area contributed by atoms with E-state index in [0.717, 1.165) is 12.0 Å². The van der Waals surface area contributed by atoms with Crippen LogP contribution in [0.4, 0.5) is 0 Å².